The number of rotatable bonds is 4. The summed E-state index contributed by atoms with van der Waals surface area (Å²) in [5.41, 5.74) is 2.52. The predicted molar refractivity (Wildman–Crippen MR) is 114 cm³/mol. The number of carbonyl (C=O) groups excluding carboxylic acids is 1. The van der Waals surface area contributed by atoms with E-state index in [-0.39, 0.29) is 11.6 Å². The molecule has 1 amide bonds. The molecule has 3 heterocycles. The maximum atomic E-state index is 13.4. The van der Waals surface area contributed by atoms with E-state index in [9.17, 15) is 9.18 Å². The highest BCUT2D eigenvalue weighted by Gasteiger charge is 2.16. The summed E-state index contributed by atoms with van der Waals surface area (Å²) in [7, 11) is 0. The van der Waals surface area contributed by atoms with Crippen molar-refractivity contribution < 1.29 is 18.0 Å². The minimum Gasteiger partial charge on any atom is -0.451 e. The first-order valence-corrected chi connectivity index (χ1v) is 9.63. The molecular weight excluding hydrogens is 421 g/mol. The lowest BCUT2D eigenvalue weighted by Crippen LogP contribution is -2.10. The molecule has 1 N–H and O–H groups in total. The van der Waals surface area contributed by atoms with Crippen LogP contribution in [0.25, 0.3) is 34.0 Å². The minimum absolute atomic E-state index is 0.0850. The molecule has 0 saturated heterocycles. The Labute approximate surface area is 180 Å². The van der Waals surface area contributed by atoms with Gasteiger partial charge in [0.15, 0.2) is 17.0 Å². The van der Waals surface area contributed by atoms with Crippen LogP contribution in [0.5, 0.6) is 0 Å². The van der Waals surface area contributed by atoms with Gasteiger partial charge >= 0.3 is 0 Å². The van der Waals surface area contributed by atoms with Crippen LogP contribution in [0.1, 0.15) is 10.6 Å². The van der Waals surface area contributed by atoms with E-state index >= 15 is 0 Å². The third-order valence-corrected chi connectivity index (χ3v) is 4.89. The van der Waals surface area contributed by atoms with Gasteiger partial charge in [-0.15, -0.1) is 0 Å². The van der Waals surface area contributed by atoms with Gasteiger partial charge in [-0.1, -0.05) is 23.7 Å². The van der Waals surface area contributed by atoms with Crippen LogP contribution in [-0.4, -0.2) is 15.9 Å². The average molecular weight is 434 g/mol. The number of hydrogen-bond donors (Lipinski definition) is 1. The zero-order valence-electron chi connectivity index (χ0n) is 15.8. The average Bonchev–Trinajstić information content (AvgIpc) is 3.42. The fourth-order valence-electron chi connectivity index (χ4n) is 3.10. The number of pyridine rings is 1. The molecule has 0 spiro atoms. The van der Waals surface area contributed by atoms with Crippen LogP contribution in [0.4, 0.5) is 10.1 Å². The first kappa shape index (κ1) is 19.0. The number of nitrogens with one attached hydrogen (secondary N) is 1. The topological polar surface area (TPSA) is 81.2 Å². The Hall–Kier alpha value is -3.97. The molecule has 0 unspecified atom stereocenters. The first-order valence-electron chi connectivity index (χ1n) is 9.25. The van der Waals surface area contributed by atoms with Crippen molar-refractivity contribution in [2.75, 3.05) is 5.32 Å². The summed E-state index contributed by atoms with van der Waals surface area (Å²) in [5.74, 6) is -0.0819. The van der Waals surface area contributed by atoms with E-state index in [0.29, 0.717) is 44.7 Å². The van der Waals surface area contributed by atoms with Crippen molar-refractivity contribution in [1.82, 2.24) is 9.97 Å². The molecular formula is C23H13ClFN3O3. The number of fused-ring (bicyclic) bond motifs is 1. The number of nitrogens with zero attached hydrogens (tertiary/aromatic N) is 2. The van der Waals surface area contributed by atoms with Gasteiger partial charge in [0.1, 0.15) is 11.6 Å². The van der Waals surface area contributed by atoms with Gasteiger partial charge < -0.3 is 14.2 Å². The molecule has 0 aliphatic rings. The molecule has 6 nitrogen and oxygen atoms in total. The van der Waals surface area contributed by atoms with Crippen LogP contribution in [-0.2, 0) is 0 Å². The maximum absolute atomic E-state index is 13.4. The van der Waals surface area contributed by atoms with Crippen molar-refractivity contribution in [2.24, 2.45) is 0 Å². The number of benzene rings is 2. The van der Waals surface area contributed by atoms with Crippen molar-refractivity contribution in [3.8, 4) is 22.8 Å². The van der Waals surface area contributed by atoms with Crippen LogP contribution >= 0.6 is 11.6 Å². The molecule has 0 bridgehead atoms. The normalized spacial score (nSPS) is 11.0. The van der Waals surface area contributed by atoms with Crippen LogP contribution in [0.15, 0.2) is 81.8 Å². The molecule has 31 heavy (non-hydrogen) atoms. The van der Waals surface area contributed by atoms with E-state index in [1.165, 1.54) is 18.2 Å². The second-order valence-electron chi connectivity index (χ2n) is 6.67. The number of anilines is 1. The quantitative estimate of drug-likeness (QED) is 0.365. The molecule has 5 aromatic rings. The van der Waals surface area contributed by atoms with Crippen molar-refractivity contribution in [3.63, 3.8) is 0 Å². The van der Waals surface area contributed by atoms with E-state index < -0.39 is 5.91 Å². The summed E-state index contributed by atoms with van der Waals surface area (Å²) >= 11 is 6.31. The molecule has 0 saturated carbocycles. The maximum Gasteiger partial charge on any atom is 0.291 e. The van der Waals surface area contributed by atoms with Crippen LogP contribution in [0.2, 0.25) is 5.02 Å². The van der Waals surface area contributed by atoms with Crippen molar-refractivity contribution in [1.29, 1.82) is 0 Å². The third kappa shape index (κ3) is 3.78. The lowest BCUT2D eigenvalue weighted by molar-refractivity contribution is 0.0997. The molecule has 8 heteroatoms. The zero-order valence-corrected chi connectivity index (χ0v) is 16.6. The van der Waals surface area contributed by atoms with E-state index in [1.54, 1.807) is 54.7 Å². The van der Waals surface area contributed by atoms with E-state index in [0.717, 1.165) is 0 Å². The highest BCUT2D eigenvalue weighted by molar-refractivity contribution is 6.33. The Kier molecular flexibility index (Phi) is 4.72. The van der Waals surface area contributed by atoms with Crippen molar-refractivity contribution >= 4 is 34.4 Å². The Morgan fingerprint density at radius 2 is 1.90 bits per heavy atom. The molecule has 0 aliphatic carbocycles. The molecule has 3 aromatic heterocycles. The van der Waals surface area contributed by atoms with Crippen LogP contribution < -0.4 is 5.32 Å². The van der Waals surface area contributed by atoms with E-state index in [1.807, 2.05) is 0 Å². The summed E-state index contributed by atoms with van der Waals surface area (Å²) in [4.78, 5) is 21.1. The summed E-state index contributed by atoms with van der Waals surface area (Å²) in [6.07, 6.45) is 1.62. The largest absolute Gasteiger partial charge is 0.451 e. The predicted octanol–water partition coefficient (Wildman–Crippen LogP) is 6.19. The van der Waals surface area contributed by atoms with Gasteiger partial charge in [-0.05, 0) is 54.6 Å². The lowest BCUT2D eigenvalue weighted by Gasteiger charge is -2.06. The zero-order chi connectivity index (χ0) is 21.4. The summed E-state index contributed by atoms with van der Waals surface area (Å²) in [6.45, 7) is 0. The standard InChI is InChI=1S/C23H13ClFN3O3/c24-17-7-6-15(12-16(17)23-28-21-19(31-23)5-2-10-26-21)27-22(29)20-9-8-18(30-20)13-3-1-4-14(25)11-13/h1-12H,(H,27,29). The fourth-order valence-corrected chi connectivity index (χ4v) is 3.30. The Balaban J connectivity index is 1.40. The van der Waals surface area contributed by atoms with Gasteiger partial charge in [0.2, 0.25) is 5.89 Å². The van der Waals surface area contributed by atoms with Crippen molar-refractivity contribution in [2.45, 2.75) is 0 Å². The number of hydrogen-bond acceptors (Lipinski definition) is 5. The number of furan rings is 1. The number of halogens is 2. The van der Waals surface area contributed by atoms with Gasteiger partial charge in [-0.25, -0.2) is 9.37 Å². The van der Waals surface area contributed by atoms with Gasteiger partial charge in [0, 0.05) is 17.4 Å². The Bertz CT molecular complexity index is 1390. The molecule has 0 radical (unpaired) electrons. The Morgan fingerprint density at radius 3 is 2.74 bits per heavy atom. The molecule has 5 rings (SSSR count). The molecule has 0 atom stereocenters. The van der Waals surface area contributed by atoms with E-state index in [4.69, 9.17) is 20.4 Å². The lowest BCUT2D eigenvalue weighted by atomic mass is 10.2. The monoisotopic (exact) mass is 433 g/mol. The first-order chi connectivity index (χ1) is 15.1. The number of amides is 1. The van der Waals surface area contributed by atoms with Gasteiger partial charge in [0.25, 0.3) is 5.91 Å². The van der Waals surface area contributed by atoms with Crippen molar-refractivity contribution in [3.05, 3.63) is 89.5 Å². The van der Waals surface area contributed by atoms with Crippen LogP contribution in [0.3, 0.4) is 0 Å². The highest BCUT2D eigenvalue weighted by Crippen LogP contribution is 2.32. The SMILES string of the molecule is O=C(Nc1ccc(Cl)c(-c2nc3ncccc3o2)c1)c1ccc(-c2cccc(F)c2)o1. The fraction of sp³-hybridized carbons (Fsp3) is 0. The Morgan fingerprint density at radius 1 is 1.00 bits per heavy atom. The highest BCUT2D eigenvalue weighted by atomic mass is 35.5. The summed E-state index contributed by atoms with van der Waals surface area (Å²) in [5, 5.41) is 3.17. The van der Waals surface area contributed by atoms with Crippen LogP contribution in [0, 0.1) is 5.82 Å². The molecule has 2 aromatic carbocycles. The number of oxazole rings is 1. The third-order valence-electron chi connectivity index (χ3n) is 4.56. The van der Waals surface area contributed by atoms with Gasteiger partial charge in [0.05, 0.1) is 10.6 Å². The van der Waals surface area contributed by atoms with Gasteiger partial charge in [-0.3, -0.25) is 4.79 Å². The van der Waals surface area contributed by atoms with Gasteiger partial charge in [-0.2, -0.15) is 4.98 Å². The second-order valence-corrected chi connectivity index (χ2v) is 7.07. The van der Waals surface area contributed by atoms with E-state index in [2.05, 4.69) is 15.3 Å². The summed E-state index contributed by atoms with van der Waals surface area (Å²) < 4.78 is 24.8. The minimum atomic E-state index is -0.463. The molecule has 152 valence electrons. The molecule has 0 fully saturated rings. The number of aromatic nitrogens is 2. The second kappa shape index (κ2) is 7.70. The molecule has 0 aliphatic heterocycles. The number of carbonyl (C=O) groups is 1. The summed E-state index contributed by atoms with van der Waals surface area (Å²) in [6, 6.07) is 17.5. The smallest absolute Gasteiger partial charge is 0.291 e.